The number of nitrogens with zero attached hydrogens (tertiary/aromatic N) is 5. The van der Waals surface area contributed by atoms with Gasteiger partial charge in [-0.3, -0.25) is 10.3 Å². The van der Waals surface area contributed by atoms with Crippen molar-refractivity contribution >= 4 is 29.1 Å². The summed E-state index contributed by atoms with van der Waals surface area (Å²) in [5.41, 5.74) is 3.09. The fourth-order valence-electron chi connectivity index (χ4n) is 4.41. The lowest BCUT2D eigenvalue weighted by atomic mass is 9.84. The highest BCUT2D eigenvalue weighted by atomic mass is 32.1. The molecule has 0 spiro atoms. The zero-order chi connectivity index (χ0) is 22.2. The van der Waals surface area contributed by atoms with Crippen molar-refractivity contribution < 1.29 is 8.78 Å². The summed E-state index contributed by atoms with van der Waals surface area (Å²) in [6.07, 6.45) is 4.32. The normalized spacial score (nSPS) is 25.7. The van der Waals surface area contributed by atoms with Crippen LogP contribution in [0.2, 0.25) is 0 Å². The third-order valence-electron chi connectivity index (χ3n) is 6.12. The number of halogens is 2. The molecule has 0 aliphatic carbocycles. The molecule has 32 heavy (non-hydrogen) atoms. The first kappa shape index (κ1) is 20.9. The van der Waals surface area contributed by atoms with E-state index in [0.29, 0.717) is 5.57 Å². The maximum Gasteiger partial charge on any atom is 0.184 e. The number of amidine groups is 1. The maximum atomic E-state index is 14.5. The van der Waals surface area contributed by atoms with Gasteiger partial charge in [0.25, 0.3) is 0 Å². The predicted octanol–water partition coefficient (Wildman–Crippen LogP) is 5.01. The van der Waals surface area contributed by atoms with E-state index in [1.165, 1.54) is 34.9 Å². The van der Waals surface area contributed by atoms with Gasteiger partial charge in [-0.2, -0.15) is 5.53 Å². The number of benzene rings is 1. The molecule has 1 aromatic carbocycles. The van der Waals surface area contributed by atoms with Gasteiger partial charge in [0.05, 0.1) is 0 Å². The Labute approximate surface area is 188 Å². The van der Waals surface area contributed by atoms with Gasteiger partial charge in [-0.1, -0.05) is 18.2 Å². The number of hydrazine groups is 1. The molecule has 4 heterocycles. The molecule has 2 unspecified atom stereocenters. The topological polar surface area (TPSA) is 79.4 Å². The van der Waals surface area contributed by atoms with Gasteiger partial charge in [-0.05, 0) is 50.2 Å². The van der Waals surface area contributed by atoms with Crippen molar-refractivity contribution in [2.45, 2.75) is 32.2 Å². The first-order valence-electron chi connectivity index (χ1n) is 10.6. The Hall–Kier alpha value is -2.98. The van der Waals surface area contributed by atoms with E-state index in [1.807, 2.05) is 6.92 Å². The molecule has 7 nitrogen and oxygen atoms in total. The second kappa shape index (κ2) is 8.51. The van der Waals surface area contributed by atoms with Crippen molar-refractivity contribution in [3.05, 3.63) is 63.1 Å². The summed E-state index contributed by atoms with van der Waals surface area (Å²) in [6, 6.07) is 8.19. The molecule has 3 aliphatic rings. The fraction of sp³-hybridized carbons (Fsp3) is 0.364. The van der Waals surface area contributed by atoms with Gasteiger partial charge in [0.2, 0.25) is 0 Å². The second-order valence-electron chi connectivity index (χ2n) is 8.17. The Bertz CT molecular complexity index is 1130. The van der Waals surface area contributed by atoms with Gasteiger partial charge in [-0.15, -0.1) is 16.5 Å². The minimum atomic E-state index is -1.01. The number of rotatable bonds is 4. The van der Waals surface area contributed by atoms with Crippen molar-refractivity contribution in [1.29, 1.82) is 5.41 Å². The SMILES string of the molecule is CC1C(=C2N=NNN2c2cccc(F)c2F)C(=N)N=CC1c1ccc(CN2CCCC2)s1. The molecule has 0 amide bonds. The van der Waals surface area contributed by atoms with Gasteiger partial charge in [0, 0.05) is 39.9 Å². The molecule has 0 saturated carbocycles. The number of hydrogen-bond acceptors (Lipinski definition) is 7. The number of hydrogen-bond donors (Lipinski definition) is 2. The van der Waals surface area contributed by atoms with Crippen LogP contribution in [0.4, 0.5) is 14.5 Å². The largest absolute Gasteiger partial charge is 0.298 e. The standard InChI is InChI=1S/C22H23F2N7S/c1-13-15(18-8-7-14(32-18)12-30-9-2-3-10-30)11-26-21(25)19(13)22-27-28-29-31(22)17-6-4-5-16(23)20(17)24/h4-8,11,13,15,25H,2-3,9-10,12H2,1H3,(H,27,29). The van der Waals surface area contributed by atoms with Crippen LogP contribution in [0.1, 0.15) is 35.4 Å². The molecular formula is C22H23F2N7S. The minimum absolute atomic E-state index is 0.0427. The summed E-state index contributed by atoms with van der Waals surface area (Å²) < 4.78 is 28.3. The van der Waals surface area contributed by atoms with Crippen LogP contribution < -0.4 is 10.5 Å². The van der Waals surface area contributed by atoms with Crippen LogP contribution in [0.3, 0.4) is 0 Å². The minimum Gasteiger partial charge on any atom is -0.298 e. The van der Waals surface area contributed by atoms with Crippen molar-refractivity contribution in [3.63, 3.8) is 0 Å². The Kier molecular flexibility index (Phi) is 5.56. The lowest BCUT2D eigenvalue weighted by molar-refractivity contribution is 0.334. The van der Waals surface area contributed by atoms with Crippen LogP contribution in [0.5, 0.6) is 0 Å². The Morgan fingerprint density at radius 1 is 1.19 bits per heavy atom. The van der Waals surface area contributed by atoms with Crippen LogP contribution in [-0.4, -0.2) is 30.0 Å². The first-order chi connectivity index (χ1) is 15.5. The molecule has 10 heteroatoms. The molecule has 1 aromatic heterocycles. The summed E-state index contributed by atoms with van der Waals surface area (Å²) in [7, 11) is 0. The summed E-state index contributed by atoms with van der Waals surface area (Å²) in [4.78, 5) is 9.25. The lowest BCUT2D eigenvalue weighted by Gasteiger charge is -2.28. The monoisotopic (exact) mass is 455 g/mol. The highest BCUT2D eigenvalue weighted by Crippen LogP contribution is 2.40. The Balaban J connectivity index is 1.46. The zero-order valence-electron chi connectivity index (χ0n) is 17.6. The molecule has 5 rings (SSSR count). The van der Waals surface area contributed by atoms with Crippen molar-refractivity contribution in [3.8, 4) is 0 Å². The fourth-order valence-corrected chi connectivity index (χ4v) is 5.63. The summed E-state index contributed by atoms with van der Waals surface area (Å²) in [5.74, 6) is -1.87. The van der Waals surface area contributed by atoms with Crippen molar-refractivity contribution in [1.82, 2.24) is 10.4 Å². The Morgan fingerprint density at radius 2 is 2.00 bits per heavy atom. The van der Waals surface area contributed by atoms with Gasteiger partial charge in [0.1, 0.15) is 5.69 Å². The summed E-state index contributed by atoms with van der Waals surface area (Å²) in [5, 5.41) is 17.6. The van der Waals surface area contributed by atoms with Crippen LogP contribution >= 0.6 is 11.3 Å². The van der Waals surface area contributed by atoms with Gasteiger partial charge >= 0.3 is 0 Å². The molecule has 166 valence electrons. The molecule has 0 radical (unpaired) electrons. The Morgan fingerprint density at radius 3 is 2.81 bits per heavy atom. The van der Waals surface area contributed by atoms with E-state index in [4.69, 9.17) is 5.41 Å². The van der Waals surface area contributed by atoms with E-state index in [9.17, 15) is 8.78 Å². The van der Waals surface area contributed by atoms with Crippen LogP contribution in [-0.2, 0) is 6.54 Å². The zero-order valence-corrected chi connectivity index (χ0v) is 18.4. The van der Waals surface area contributed by atoms with Crippen LogP contribution in [0, 0.1) is 23.0 Å². The molecule has 2 N–H and O–H groups in total. The second-order valence-corrected chi connectivity index (χ2v) is 9.37. The number of anilines is 1. The van der Waals surface area contributed by atoms with E-state index >= 15 is 0 Å². The molecule has 1 saturated heterocycles. The van der Waals surface area contributed by atoms with Gasteiger partial charge in [-0.25, -0.2) is 18.8 Å². The van der Waals surface area contributed by atoms with Gasteiger partial charge < -0.3 is 0 Å². The lowest BCUT2D eigenvalue weighted by Crippen LogP contribution is -2.33. The van der Waals surface area contributed by atoms with E-state index in [0.717, 1.165) is 30.6 Å². The third-order valence-corrected chi connectivity index (χ3v) is 7.29. The molecule has 1 fully saturated rings. The molecule has 2 aromatic rings. The average molecular weight is 456 g/mol. The van der Waals surface area contributed by atoms with Crippen LogP contribution in [0.25, 0.3) is 0 Å². The summed E-state index contributed by atoms with van der Waals surface area (Å²) in [6.45, 7) is 5.25. The molecule has 0 bridgehead atoms. The molecule has 2 atom stereocenters. The van der Waals surface area contributed by atoms with E-state index in [2.05, 4.69) is 37.9 Å². The average Bonchev–Trinajstić information content (AvgIpc) is 3.53. The predicted molar refractivity (Wildman–Crippen MR) is 121 cm³/mol. The highest BCUT2D eigenvalue weighted by molar-refractivity contribution is 7.12. The highest BCUT2D eigenvalue weighted by Gasteiger charge is 2.35. The molecule has 3 aliphatic heterocycles. The summed E-state index contributed by atoms with van der Waals surface area (Å²) >= 11 is 1.76. The van der Waals surface area contributed by atoms with E-state index in [1.54, 1.807) is 17.6 Å². The molecular weight excluding hydrogens is 432 g/mol. The van der Waals surface area contributed by atoms with Crippen molar-refractivity contribution in [2.75, 3.05) is 18.1 Å². The smallest absolute Gasteiger partial charge is 0.184 e. The first-order valence-corrected chi connectivity index (χ1v) is 11.4. The number of likely N-dealkylation sites (tertiary alicyclic amines) is 1. The van der Waals surface area contributed by atoms with Crippen molar-refractivity contribution in [2.24, 2.45) is 21.2 Å². The third kappa shape index (κ3) is 3.73. The number of aliphatic imine (C=N–C) groups is 1. The number of thiophene rings is 1. The quantitative estimate of drug-likeness (QED) is 0.680. The van der Waals surface area contributed by atoms with Gasteiger partial charge in [0.15, 0.2) is 23.3 Å². The maximum absolute atomic E-state index is 14.5. The number of nitrogens with one attached hydrogen (secondary N) is 2. The van der Waals surface area contributed by atoms with E-state index < -0.39 is 11.6 Å². The van der Waals surface area contributed by atoms with E-state index in [-0.39, 0.29) is 29.2 Å². The van der Waals surface area contributed by atoms with Crippen LogP contribution in [0.15, 0.2) is 57.1 Å².